The summed E-state index contributed by atoms with van der Waals surface area (Å²) in [7, 11) is 0. The first kappa shape index (κ1) is 17.8. The van der Waals surface area contributed by atoms with Crippen molar-refractivity contribution in [3.63, 3.8) is 0 Å². The number of anilines is 1. The van der Waals surface area contributed by atoms with Gasteiger partial charge in [0.05, 0.1) is 0 Å². The summed E-state index contributed by atoms with van der Waals surface area (Å²) < 4.78 is 0. The Balaban J connectivity index is 0.00000220. The van der Waals surface area contributed by atoms with Crippen LogP contribution < -0.4 is 11.1 Å². The first-order valence-corrected chi connectivity index (χ1v) is 7.74. The Labute approximate surface area is 134 Å². The molecule has 1 aromatic rings. The number of carbonyl (C=O) groups is 1. The number of hydrogen-bond donors (Lipinski definition) is 2. The highest BCUT2D eigenvalue weighted by Gasteiger charge is 2.25. The van der Waals surface area contributed by atoms with Crippen molar-refractivity contribution in [2.45, 2.75) is 52.0 Å². The number of carbonyl (C=O) groups excluding carboxylic acids is 1. The van der Waals surface area contributed by atoms with Crippen LogP contribution >= 0.6 is 12.4 Å². The van der Waals surface area contributed by atoms with Gasteiger partial charge < -0.3 is 11.1 Å². The molecule has 2 atom stereocenters. The lowest BCUT2D eigenvalue weighted by molar-refractivity contribution is 0.0912. The Morgan fingerprint density at radius 3 is 2.52 bits per heavy atom. The maximum absolute atomic E-state index is 12.2. The number of amides is 1. The van der Waals surface area contributed by atoms with Gasteiger partial charge in [-0.3, -0.25) is 4.79 Å². The van der Waals surface area contributed by atoms with Crippen molar-refractivity contribution < 1.29 is 4.79 Å². The Kier molecular flexibility index (Phi) is 7.03. The van der Waals surface area contributed by atoms with E-state index >= 15 is 0 Å². The quantitative estimate of drug-likeness (QED) is 0.825. The topological polar surface area (TPSA) is 55.1 Å². The van der Waals surface area contributed by atoms with Gasteiger partial charge in [-0.1, -0.05) is 45.1 Å². The summed E-state index contributed by atoms with van der Waals surface area (Å²) in [6.07, 6.45) is 6.66. The molecular weight excluding hydrogens is 284 g/mol. The standard InChI is InChI=1S/C17H26N2O.ClH/c1-12(14-7-4-3-5-8-14)13(2)19-17(20)15-9-6-10-16(18)11-15;/h6,9-14H,3-5,7-8,18H2,1-2H3,(H,19,20);1H. The van der Waals surface area contributed by atoms with E-state index in [0.29, 0.717) is 17.2 Å². The van der Waals surface area contributed by atoms with Gasteiger partial charge in [0, 0.05) is 17.3 Å². The van der Waals surface area contributed by atoms with E-state index in [4.69, 9.17) is 5.73 Å². The predicted octanol–water partition coefficient (Wildman–Crippen LogP) is 4.03. The molecule has 1 amide bonds. The molecule has 0 saturated heterocycles. The Morgan fingerprint density at radius 2 is 1.90 bits per heavy atom. The molecule has 0 bridgehead atoms. The fourth-order valence-corrected chi connectivity index (χ4v) is 3.17. The lowest BCUT2D eigenvalue weighted by Gasteiger charge is -2.32. The van der Waals surface area contributed by atoms with Crippen LogP contribution in [0.4, 0.5) is 5.69 Å². The summed E-state index contributed by atoms with van der Waals surface area (Å²) in [6.45, 7) is 4.38. The number of benzene rings is 1. The lowest BCUT2D eigenvalue weighted by Crippen LogP contribution is -2.40. The number of rotatable bonds is 4. The fourth-order valence-electron chi connectivity index (χ4n) is 3.17. The average Bonchev–Trinajstić information content (AvgIpc) is 2.47. The van der Waals surface area contributed by atoms with Gasteiger partial charge in [0.2, 0.25) is 0 Å². The summed E-state index contributed by atoms with van der Waals surface area (Å²) in [5.41, 5.74) is 7.00. The molecule has 2 unspecified atom stereocenters. The molecule has 0 spiro atoms. The predicted molar refractivity (Wildman–Crippen MR) is 90.8 cm³/mol. The molecule has 3 nitrogen and oxygen atoms in total. The second-order valence-corrected chi connectivity index (χ2v) is 6.14. The minimum atomic E-state index is -0.0209. The maximum atomic E-state index is 12.2. The first-order valence-electron chi connectivity index (χ1n) is 7.74. The van der Waals surface area contributed by atoms with Crippen molar-refractivity contribution in [1.82, 2.24) is 5.32 Å². The van der Waals surface area contributed by atoms with Crippen molar-refractivity contribution in [3.05, 3.63) is 29.8 Å². The zero-order valence-corrected chi connectivity index (χ0v) is 13.8. The highest BCUT2D eigenvalue weighted by Crippen LogP contribution is 2.31. The van der Waals surface area contributed by atoms with Crippen LogP contribution in [0.15, 0.2) is 24.3 Å². The van der Waals surface area contributed by atoms with Gasteiger partial charge in [-0.2, -0.15) is 0 Å². The molecular formula is C17H27ClN2O. The molecule has 2 rings (SSSR count). The van der Waals surface area contributed by atoms with Gasteiger partial charge in [-0.05, 0) is 37.0 Å². The van der Waals surface area contributed by atoms with E-state index in [1.54, 1.807) is 12.1 Å². The van der Waals surface area contributed by atoms with Gasteiger partial charge >= 0.3 is 0 Å². The number of halogens is 1. The molecule has 1 saturated carbocycles. The van der Waals surface area contributed by atoms with Crippen LogP contribution in [0.3, 0.4) is 0 Å². The SMILES string of the molecule is CC(NC(=O)c1cccc(N)c1)C(C)C1CCCCC1.Cl. The van der Waals surface area contributed by atoms with Crippen LogP contribution in [0, 0.1) is 11.8 Å². The van der Waals surface area contributed by atoms with E-state index < -0.39 is 0 Å². The van der Waals surface area contributed by atoms with Crippen LogP contribution in [0.5, 0.6) is 0 Å². The van der Waals surface area contributed by atoms with E-state index in [1.165, 1.54) is 32.1 Å². The normalized spacial score (nSPS) is 18.4. The lowest BCUT2D eigenvalue weighted by atomic mass is 9.78. The second-order valence-electron chi connectivity index (χ2n) is 6.14. The summed E-state index contributed by atoms with van der Waals surface area (Å²) in [5, 5.41) is 3.13. The third kappa shape index (κ3) is 4.92. The number of nitrogens with two attached hydrogens (primary N) is 1. The molecule has 1 aliphatic carbocycles. The minimum absolute atomic E-state index is 0. The smallest absolute Gasteiger partial charge is 0.251 e. The molecule has 3 N–H and O–H groups in total. The van der Waals surface area contributed by atoms with E-state index in [0.717, 1.165) is 5.92 Å². The minimum Gasteiger partial charge on any atom is -0.399 e. The molecule has 0 aliphatic heterocycles. The van der Waals surface area contributed by atoms with Crippen molar-refractivity contribution in [3.8, 4) is 0 Å². The van der Waals surface area contributed by atoms with E-state index in [-0.39, 0.29) is 24.4 Å². The summed E-state index contributed by atoms with van der Waals surface area (Å²) >= 11 is 0. The van der Waals surface area contributed by atoms with Gasteiger partial charge in [0.1, 0.15) is 0 Å². The third-order valence-electron chi connectivity index (χ3n) is 4.69. The van der Waals surface area contributed by atoms with E-state index in [2.05, 4.69) is 19.2 Å². The van der Waals surface area contributed by atoms with Crippen LogP contribution in [0.25, 0.3) is 0 Å². The largest absolute Gasteiger partial charge is 0.399 e. The molecule has 1 aliphatic rings. The zero-order chi connectivity index (χ0) is 14.5. The zero-order valence-electron chi connectivity index (χ0n) is 13.0. The van der Waals surface area contributed by atoms with Crippen LogP contribution in [-0.4, -0.2) is 11.9 Å². The monoisotopic (exact) mass is 310 g/mol. The van der Waals surface area contributed by atoms with Crippen LogP contribution in [-0.2, 0) is 0 Å². The van der Waals surface area contributed by atoms with Crippen molar-refractivity contribution >= 4 is 24.0 Å². The number of hydrogen-bond acceptors (Lipinski definition) is 2. The van der Waals surface area contributed by atoms with Crippen LogP contribution in [0.1, 0.15) is 56.3 Å². The van der Waals surface area contributed by atoms with Crippen molar-refractivity contribution in [2.24, 2.45) is 11.8 Å². The third-order valence-corrected chi connectivity index (χ3v) is 4.69. The Bertz CT molecular complexity index is 458. The molecule has 0 radical (unpaired) electrons. The summed E-state index contributed by atoms with van der Waals surface area (Å²) in [5.74, 6) is 1.26. The molecule has 1 aromatic carbocycles. The van der Waals surface area contributed by atoms with Gasteiger partial charge in [-0.15, -0.1) is 12.4 Å². The van der Waals surface area contributed by atoms with Gasteiger partial charge in [0.15, 0.2) is 0 Å². The molecule has 0 heterocycles. The highest BCUT2D eigenvalue weighted by atomic mass is 35.5. The Morgan fingerprint density at radius 1 is 1.24 bits per heavy atom. The highest BCUT2D eigenvalue weighted by molar-refractivity contribution is 5.95. The van der Waals surface area contributed by atoms with Gasteiger partial charge in [0.25, 0.3) is 5.91 Å². The van der Waals surface area contributed by atoms with Crippen LogP contribution in [0.2, 0.25) is 0 Å². The van der Waals surface area contributed by atoms with E-state index in [1.807, 2.05) is 12.1 Å². The second kappa shape index (κ2) is 8.28. The molecule has 21 heavy (non-hydrogen) atoms. The molecule has 1 fully saturated rings. The van der Waals surface area contributed by atoms with Crippen molar-refractivity contribution in [1.29, 1.82) is 0 Å². The number of nitrogens with one attached hydrogen (secondary N) is 1. The molecule has 4 heteroatoms. The maximum Gasteiger partial charge on any atom is 0.251 e. The first-order chi connectivity index (χ1) is 9.58. The van der Waals surface area contributed by atoms with E-state index in [9.17, 15) is 4.79 Å². The van der Waals surface area contributed by atoms with Crippen molar-refractivity contribution in [2.75, 3.05) is 5.73 Å². The summed E-state index contributed by atoms with van der Waals surface area (Å²) in [6, 6.07) is 7.36. The van der Waals surface area contributed by atoms with Gasteiger partial charge in [-0.25, -0.2) is 0 Å². The fraction of sp³-hybridized carbons (Fsp3) is 0.588. The Hall–Kier alpha value is -1.22. The molecule has 118 valence electrons. The summed E-state index contributed by atoms with van der Waals surface area (Å²) in [4.78, 5) is 12.2. The number of nitrogen functional groups attached to an aromatic ring is 1. The average molecular weight is 311 g/mol. The molecule has 0 aromatic heterocycles.